The van der Waals surface area contributed by atoms with Crippen LogP contribution < -0.4 is 15.2 Å². The van der Waals surface area contributed by atoms with E-state index >= 15 is 0 Å². The molecule has 2 aromatic carbocycles. The van der Waals surface area contributed by atoms with Crippen LogP contribution in [0.25, 0.3) is 5.52 Å². The monoisotopic (exact) mass is 692 g/mol. The summed E-state index contributed by atoms with van der Waals surface area (Å²) in [7, 11) is -4.72. The molecular formula is C32H33N6O10P. The first-order valence-corrected chi connectivity index (χ1v) is 16.9. The molecule has 2 saturated carbocycles. The molecule has 4 aromatic rings. The fraction of sp³-hybridized carbons (Fsp3) is 0.312. The van der Waals surface area contributed by atoms with Gasteiger partial charge >= 0.3 is 19.9 Å². The third-order valence-corrected chi connectivity index (χ3v) is 8.40. The summed E-state index contributed by atoms with van der Waals surface area (Å²) in [5.74, 6) is -1.19. The molecule has 0 atom stereocenters. The largest absolute Gasteiger partial charge is 0.524 e. The summed E-state index contributed by atoms with van der Waals surface area (Å²) >= 11 is 0. The molecule has 0 unspecified atom stereocenters. The molecule has 0 aliphatic heterocycles. The van der Waals surface area contributed by atoms with E-state index in [2.05, 4.69) is 25.2 Å². The first kappa shape index (κ1) is 33.6. The molecule has 49 heavy (non-hydrogen) atoms. The molecule has 2 aliphatic carbocycles. The molecule has 2 heterocycles. The van der Waals surface area contributed by atoms with Gasteiger partial charge in [0.1, 0.15) is 17.6 Å². The summed E-state index contributed by atoms with van der Waals surface area (Å²) < 4.78 is 27.1. The van der Waals surface area contributed by atoms with Gasteiger partial charge < -0.3 is 24.6 Å². The highest BCUT2D eigenvalue weighted by Gasteiger charge is 2.40. The third kappa shape index (κ3) is 8.23. The van der Waals surface area contributed by atoms with E-state index in [9.17, 15) is 23.7 Å². The topological polar surface area (TPSA) is 211 Å². The van der Waals surface area contributed by atoms with Crippen molar-refractivity contribution in [2.45, 2.75) is 58.0 Å². The molecular weight excluding hydrogens is 659 g/mol. The lowest BCUT2D eigenvalue weighted by molar-refractivity contribution is -0.151. The molecule has 0 spiro atoms. The van der Waals surface area contributed by atoms with E-state index in [4.69, 9.17) is 19.3 Å². The zero-order valence-corrected chi connectivity index (χ0v) is 27.4. The van der Waals surface area contributed by atoms with Crippen LogP contribution in [0, 0.1) is 13.8 Å². The van der Waals surface area contributed by atoms with E-state index in [0.29, 0.717) is 46.6 Å². The number of benzene rings is 2. The van der Waals surface area contributed by atoms with Crippen molar-refractivity contribution in [3.05, 3.63) is 82.8 Å². The lowest BCUT2D eigenvalue weighted by atomic mass is 10.1. The molecule has 4 N–H and O–H groups in total. The van der Waals surface area contributed by atoms with Crippen LogP contribution in [0.15, 0.2) is 55.0 Å². The molecule has 0 radical (unpaired) electrons. The van der Waals surface area contributed by atoms with Crippen LogP contribution in [-0.4, -0.2) is 72.0 Å². The molecule has 2 fully saturated rings. The van der Waals surface area contributed by atoms with Crippen molar-refractivity contribution in [3.63, 3.8) is 0 Å². The molecule has 6 rings (SSSR count). The lowest BCUT2D eigenvalue weighted by Gasteiger charge is -2.19. The fourth-order valence-corrected chi connectivity index (χ4v) is 5.48. The highest BCUT2D eigenvalue weighted by atomic mass is 31.2. The van der Waals surface area contributed by atoms with Gasteiger partial charge in [0, 0.05) is 29.5 Å². The van der Waals surface area contributed by atoms with Crippen LogP contribution in [-0.2, 0) is 25.3 Å². The highest BCUT2D eigenvalue weighted by Crippen LogP contribution is 2.37. The minimum Gasteiger partial charge on any atom is -0.428 e. The number of anilines is 2. The van der Waals surface area contributed by atoms with Crippen LogP contribution in [0.3, 0.4) is 0 Å². The Bertz CT molecular complexity index is 1980. The van der Waals surface area contributed by atoms with Gasteiger partial charge in [-0.25, -0.2) is 23.8 Å². The van der Waals surface area contributed by atoms with Gasteiger partial charge in [-0.3, -0.25) is 24.2 Å². The molecule has 0 bridgehead atoms. The van der Waals surface area contributed by atoms with E-state index in [1.54, 1.807) is 19.1 Å². The van der Waals surface area contributed by atoms with E-state index in [0.717, 1.165) is 23.3 Å². The zero-order valence-electron chi connectivity index (χ0n) is 26.5. The Labute approximate surface area is 279 Å². The van der Waals surface area contributed by atoms with Gasteiger partial charge in [-0.1, -0.05) is 18.2 Å². The third-order valence-electron chi connectivity index (χ3n) is 7.95. The molecule has 3 amide bonds. The Balaban J connectivity index is 1.11. The maximum atomic E-state index is 13.8. The van der Waals surface area contributed by atoms with Gasteiger partial charge in [-0.15, -0.1) is 0 Å². The number of nitrogens with one attached hydrogen (secondary N) is 2. The van der Waals surface area contributed by atoms with E-state index in [-0.39, 0.29) is 35.7 Å². The van der Waals surface area contributed by atoms with Gasteiger partial charge in [-0.2, -0.15) is 5.10 Å². The Morgan fingerprint density at radius 3 is 2.43 bits per heavy atom. The summed E-state index contributed by atoms with van der Waals surface area (Å²) in [4.78, 5) is 75.0. The highest BCUT2D eigenvalue weighted by molar-refractivity contribution is 7.46. The number of fused-ring (bicyclic) bond motifs is 1. The van der Waals surface area contributed by atoms with Crippen molar-refractivity contribution in [3.8, 4) is 5.75 Å². The van der Waals surface area contributed by atoms with E-state index in [1.165, 1.54) is 41.3 Å². The minimum absolute atomic E-state index is 0.0789. The number of imide groups is 1. The van der Waals surface area contributed by atoms with Crippen molar-refractivity contribution < 1.29 is 47.5 Å². The number of nitrogens with zero attached hydrogens (tertiary/aromatic N) is 4. The Kier molecular flexibility index (Phi) is 9.37. The van der Waals surface area contributed by atoms with Gasteiger partial charge in [0.25, 0.3) is 11.8 Å². The summed E-state index contributed by atoms with van der Waals surface area (Å²) in [5.41, 5.74) is 3.69. The number of phosphoric acid groups is 1. The maximum Gasteiger partial charge on any atom is 0.524 e. The van der Waals surface area contributed by atoms with Crippen molar-refractivity contribution in [1.82, 2.24) is 24.8 Å². The van der Waals surface area contributed by atoms with Crippen LogP contribution in [0.2, 0.25) is 0 Å². The van der Waals surface area contributed by atoms with Crippen LogP contribution >= 0.6 is 7.82 Å². The second-order valence-corrected chi connectivity index (χ2v) is 13.0. The maximum absolute atomic E-state index is 13.8. The standard InChI is InChI=1S/C32H33N6O10P/c1-18-3-6-21(30(40)35-22-7-8-22)14-26(18)36-29-28-19(2)25(15-37(28)34-16-33-29)31(41)38(23-9-10-23)32(42)47-17-46-27(39)13-20-4-11-24(12-5-20)48-49(43,44)45/h3-6,11-12,14-16,22-23H,7-10,13,17H2,1-2H3,(H,35,40)(H,33,34,36)(H2,43,44,45). The van der Waals surface area contributed by atoms with Gasteiger partial charge in [-0.05, 0) is 80.5 Å². The minimum atomic E-state index is -4.72. The summed E-state index contributed by atoms with van der Waals surface area (Å²) in [6.07, 6.45) is 4.76. The number of amides is 3. The summed E-state index contributed by atoms with van der Waals surface area (Å²) in [6.45, 7) is 2.87. The smallest absolute Gasteiger partial charge is 0.428 e. The molecule has 256 valence electrons. The summed E-state index contributed by atoms with van der Waals surface area (Å²) in [5, 5.41) is 10.5. The summed E-state index contributed by atoms with van der Waals surface area (Å²) in [6, 6.07) is 10.6. The number of aromatic nitrogens is 3. The molecule has 2 aliphatic rings. The Hall–Kier alpha value is -5.31. The number of hydrogen-bond acceptors (Lipinski definition) is 11. The molecule has 17 heteroatoms. The molecule has 2 aromatic heterocycles. The van der Waals surface area contributed by atoms with Crippen molar-refractivity contribution in [1.29, 1.82) is 0 Å². The van der Waals surface area contributed by atoms with E-state index < -0.39 is 32.6 Å². The number of hydrogen-bond donors (Lipinski definition) is 4. The Morgan fingerprint density at radius 1 is 1.02 bits per heavy atom. The number of carbonyl (C=O) groups excluding carboxylic acids is 4. The van der Waals surface area contributed by atoms with Crippen LogP contribution in [0.5, 0.6) is 5.75 Å². The number of ether oxygens (including phenoxy) is 2. The zero-order chi connectivity index (χ0) is 34.9. The van der Waals surface area contributed by atoms with Crippen molar-refractivity contribution in [2.75, 3.05) is 12.1 Å². The van der Waals surface area contributed by atoms with Crippen molar-refractivity contribution in [2.24, 2.45) is 0 Å². The average Bonchev–Trinajstić information content (AvgIpc) is 3.99. The first-order chi connectivity index (χ1) is 23.4. The van der Waals surface area contributed by atoms with Gasteiger partial charge in [0.15, 0.2) is 5.82 Å². The second kappa shape index (κ2) is 13.7. The lowest BCUT2D eigenvalue weighted by Crippen LogP contribution is -2.39. The van der Waals surface area contributed by atoms with Crippen molar-refractivity contribution >= 4 is 48.7 Å². The quantitative estimate of drug-likeness (QED) is 0.0943. The van der Waals surface area contributed by atoms with Crippen LogP contribution in [0.1, 0.15) is 63.1 Å². The predicted molar refractivity (Wildman–Crippen MR) is 172 cm³/mol. The predicted octanol–water partition coefficient (Wildman–Crippen LogP) is 3.94. The number of rotatable bonds is 12. The normalized spacial score (nSPS) is 14.2. The van der Waals surface area contributed by atoms with Crippen LogP contribution in [0.4, 0.5) is 16.3 Å². The molecule has 16 nitrogen and oxygen atoms in total. The number of phosphoric ester groups is 1. The number of esters is 1. The van der Waals surface area contributed by atoms with Gasteiger partial charge in [0.05, 0.1) is 12.0 Å². The Morgan fingerprint density at radius 2 is 1.76 bits per heavy atom. The fourth-order valence-electron chi connectivity index (χ4n) is 5.09. The number of aryl methyl sites for hydroxylation is 2. The average molecular weight is 693 g/mol. The second-order valence-electron chi connectivity index (χ2n) is 11.8. The van der Waals surface area contributed by atoms with Gasteiger partial charge in [0.2, 0.25) is 6.79 Å². The first-order valence-electron chi connectivity index (χ1n) is 15.4. The van der Waals surface area contributed by atoms with E-state index in [1.807, 2.05) is 13.0 Å². The number of carbonyl (C=O) groups is 4. The SMILES string of the molecule is Cc1ccc(C(=O)NC2CC2)cc1Nc1ncnn2cc(C(=O)N(C(=O)OCOC(=O)Cc3ccc(OP(=O)(O)O)cc3)C3CC3)c(C)c12. The molecule has 0 saturated heterocycles.